The fraction of sp³-hybridized carbons (Fsp3) is 0.412. The minimum absolute atomic E-state index is 0.0554. The van der Waals surface area contributed by atoms with Gasteiger partial charge in [0.2, 0.25) is 16.0 Å². The van der Waals surface area contributed by atoms with E-state index in [1.54, 1.807) is 24.5 Å². The summed E-state index contributed by atoms with van der Waals surface area (Å²) >= 11 is 0. The summed E-state index contributed by atoms with van der Waals surface area (Å²) in [4.78, 5) is 8.62. The fourth-order valence-electron chi connectivity index (χ4n) is 3.30. The summed E-state index contributed by atoms with van der Waals surface area (Å²) in [6, 6.07) is 7.40. The molecule has 1 saturated heterocycles. The van der Waals surface area contributed by atoms with Crippen molar-refractivity contribution in [3.8, 4) is 0 Å². The lowest BCUT2D eigenvalue weighted by molar-refractivity contribution is 0.280. The van der Waals surface area contributed by atoms with Gasteiger partial charge < -0.3 is 5.32 Å². The van der Waals surface area contributed by atoms with Crippen LogP contribution in [0.4, 0.5) is 5.95 Å². The number of hydrogen-bond donors (Lipinski definition) is 1. The van der Waals surface area contributed by atoms with Crippen molar-refractivity contribution in [2.24, 2.45) is 0 Å². The van der Waals surface area contributed by atoms with E-state index in [0.717, 1.165) is 19.3 Å². The number of anilines is 1. The Labute approximate surface area is 142 Å². The molecular formula is C17H20N4O2S. The highest BCUT2D eigenvalue weighted by Crippen LogP contribution is 2.28. The van der Waals surface area contributed by atoms with E-state index in [-0.39, 0.29) is 6.04 Å². The summed E-state index contributed by atoms with van der Waals surface area (Å²) in [6.07, 6.45) is 7.70. The van der Waals surface area contributed by atoms with Crippen molar-refractivity contribution in [3.05, 3.63) is 47.8 Å². The van der Waals surface area contributed by atoms with Crippen LogP contribution in [0.1, 0.15) is 24.0 Å². The molecule has 1 aromatic heterocycles. The van der Waals surface area contributed by atoms with Crippen LogP contribution in [0.15, 0.2) is 41.6 Å². The Kier molecular flexibility index (Phi) is 3.97. The summed E-state index contributed by atoms with van der Waals surface area (Å²) in [5, 5.41) is 3.15. The molecule has 0 saturated carbocycles. The van der Waals surface area contributed by atoms with Crippen molar-refractivity contribution in [1.82, 2.24) is 14.3 Å². The molecule has 1 aromatic carbocycles. The predicted molar refractivity (Wildman–Crippen MR) is 91.3 cm³/mol. The normalized spacial score (nSPS) is 18.7. The Bertz CT molecular complexity index is 833. The van der Waals surface area contributed by atoms with Crippen LogP contribution in [0.3, 0.4) is 0 Å². The van der Waals surface area contributed by atoms with Gasteiger partial charge in [-0.15, -0.1) is 0 Å². The molecule has 0 unspecified atom stereocenters. The third kappa shape index (κ3) is 2.89. The largest absolute Gasteiger partial charge is 0.349 e. The zero-order chi connectivity index (χ0) is 16.6. The van der Waals surface area contributed by atoms with Gasteiger partial charge in [0.05, 0.1) is 10.9 Å². The molecule has 2 heterocycles. The number of fused-ring (bicyclic) bond motifs is 1. The molecule has 6 nitrogen and oxygen atoms in total. The standard InChI is InChI=1S/C17H20N4O2S/c22-24(23,16-7-6-13-4-1-2-5-14(13)10-16)21-11-15(12-21)20-17-18-8-3-9-19-17/h3,6-10,15H,1-2,4-5,11-12H2,(H,18,19,20). The molecule has 4 rings (SSSR count). The molecule has 1 aliphatic heterocycles. The van der Waals surface area contributed by atoms with Gasteiger partial charge in [-0.1, -0.05) is 6.07 Å². The predicted octanol–water partition coefficient (Wildman–Crippen LogP) is 1.84. The topological polar surface area (TPSA) is 75.2 Å². The van der Waals surface area contributed by atoms with Gasteiger partial charge in [-0.2, -0.15) is 4.31 Å². The number of rotatable bonds is 4. The van der Waals surface area contributed by atoms with Gasteiger partial charge in [-0.3, -0.25) is 0 Å². The van der Waals surface area contributed by atoms with E-state index >= 15 is 0 Å². The Hall–Kier alpha value is -1.99. The smallest absolute Gasteiger partial charge is 0.243 e. The third-order valence-corrected chi connectivity index (χ3v) is 6.53. The van der Waals surface area contributed by atoms with E-state index in [9.17, 15) is 8.42 Å². The number of nitrogens with zero attached hydrogens (tertiary/aromatic N) is 3. The second-order valence-electron chi connectivity index (χ2n) is 6.37. The highest BCUT2D eigenvalue weighted by Gasteiger charge is 2.37. The van der Waals surface area contributed by atoms with Crippen LogP contribution in [-0.2, 0) is 22.9 Å². The maximum absolute atomic E-state index is 12.8. The summed E-state index contributed by atoms with van der Waals surface area (Å²) in [5.41, 5.74) is 2.49. The molecule has 1 N–H and O–H groups in total. The minimum atomic E-state index is -3.41. The SMILES string of the molecule is O=S(=O)(c1ccc2c(c1)CCCC2)N1CC(Nc2ncccn2)C1. The van der Waals surface area contributed by atoms with Gasteiger partial charge in [0, 0.05) is 25.5 Å². The summed E-state index contributed by atoms with van der Waals surface area (Å²) in [6.45, 7) is 0.884. The van der Waals surface area contributed by atoms with E-state index in [4.69, 9.17) is 0 Å². The van der Waals surface area contributed by atoms with E-state index in [0.29, 0.717) is 23.9 Å². The second kappa shape index (κ2) is 6.14. The van der Waals surface area contributed by atoms with Crippen LogP contribution in [0.5, 0.6) is 0 Å². The van der Waals surface area contributed by atoms with Crippen molar-refractivity contribution in [2.45, 2.75) is 36.6 Å². The molecule has 24 heavy (non-hydrogen) atoms. The number of benzene rings is 1. The molecule has 2 aromatic rings. The first kappa shape index (κ1) is 15.5. The van der Waals surface area contributed by atoms with Crippen molar-refractivity contribution < 1.29 is 8.42 Å². The molecule has 0 amide bonds. The highest BCUT2D eigenvalue weighted by atomic mass is 32.2. The van der Waals surface area contributed by atoms with Crippen LogP contribution >= 0.6 is 0 Å². The first-order chi connectivity index (χ1) is 11.6. The van der Waals surface area contributed by atoms with E-state index in [1.165, 1.54) is 21.9 Å². The Morgan fingerprint density at radius 1 is 1.04 bits per heavy atom. The highest BCUT2D eigenvalue weighted by molar-refractivity contribution is 7.89. The number of hydrogen-bond acceptors (Lipinski definition) is 5. The fourth-order valence-corrected chi connectivity index (χ4v) is 4.88. The van der Waals surface area contributed by atoms with Crippen molar-refractivity contribution in [2.75, 3.05) is 18.4 Å². The molecule has 1 fully saturated rings. The second-order valence-corrected chi connectivity index (χ2v) is 8.31. The summed E-state index contributed by atoms with van der Waals surface area (Å²) in [5.74, 6) is 0.535. The zero-order valence-corrected chi connectivity index (χ0v) is 14.2. The van der Waals surface area contributed by atoms with Crippen molar-refractivity contribution >= 4 is 16.0 Å². The van der Waals surface area contributed by atoms with Gasteiger partial charge in [-0.05, 0) is 55.0 Å². The van der Waals surface area contributed by atoms with Crippen molar-refractivity contribution in [1.29, 1.82) is 0 Å². The maximum Gasteiger partial charge on any atom is 0.243 e. The first-order valence-corrected chi connectivity index (χ1v) is 9.72. The van der Waals surface area contributed by atoms with Crippen LogP contribution in [0.2, 0.25) is 0 Å². The molecule has 126 valence electrons. The zero-order valence-electron chi connectivity index (χ0n) is 13.4. The third-order valence-electron chi connectivity index (χ3n) is 4.70. The molecule has 0 spiro atoms. The van der Waals surface area contributed by atoms with Crippen LogP contribution in [-0.4, -0.2) is 41.8 Å². The summed E-state index contributed by atoms with van der Waals surface area (Å²) in [7, 11) is -3.41. The van der Waals surface area contributed by atoms with E-state index in [2.05, 4.69) is 15.3 Å². The number of aromatic nitrogens is 2. The molecule has 0 atom stereocenters. The summed E-state index contributed by atoms with van der Waals surface area (Å²) < 4.78 is 27.0. The average molecular weight is 344 g/mol. The van der Waals surface area contributed by atoms with Crippen molar-refractivity contribution in [3.63, 3.8) is 0 Å². The molecular weight excluding hydrogens is 324 g/mol. The lowest BCUT2D eigenvalue weighted by Gasteiger charge is -2.38. The average Bonchev–Trinajstić information content (AvgIpc) is 2.58. The van der Waals surface area contributed by atoms with Gasteiger partial charge in [0.25, 0.3) is 0 Å². The molecule has 2 aliphatic rings. The number of aryl methyl sites for hydroxylation is 2. The number of sulfonamides is 1. The van der Waals surface area contributed by atoms with Gasteiger partial charge in [0.15, 0.2) is 0 Å². The monoisotopic (exact) mass is 344 g/mol. The Morgan fingerprint density at radius 3 is 2.50 bits per heavy atom. The molecule has 1 aliphatic carbocycles. The van der Waals surface area contributed by atoms with Crippen LogP contribution in [0, 0.1) is 0 Å². The van der Waals surface area contributed by atoms with Gasteiger partial charge in [0.1, 0.15) is 0 Å². The van der Waals surface area contributed by atoms with E-state index in [1.807, 2.05) is 12.1 Å². The minimum Gasteiger partial charge on any atom is -0.349 e. The van der Waals surface area contributed by atoms with Crippen LogP contribution in [0.25, 0.3) is 0 Å². The Morgan fingerprint density at radius 2 is 1.75 bits per heavy atom. The molecule has 0 bridgehead atoms. The quantitative estimate of drug-likeness (QED) is 0.916. The maximum atomic E-state index is 12.8. The lowest BCUT2D eigenvalue weighted by atomic mass is 9.92. The first-order valence-electron chi connectivity index (χ1n) is 8.28. The van der Waals surface area contributed by atoms with Gasteiger partial charge >= 0.3 is 0 Å². The van der Waals surface area contributed by atoms with E-state index < -0.39 is 10.0 Å². The van der Waals surface area contributed by atoms with Gasteiger partial charge in [-0.25, -0.2) is 18.4 Å². The molecule has 7 heteroatoms. The molecule has 0 radical (unpaired) electrons. The number of nitrogens with one attached hydrogen (secondary N) is 1. The Balaban J connectivity index is 1.45. The lowest BCUT2D eigenvalue weighted by Crippen LogP contribution is -2.56. The van der Waals surface area contributed by atoms with Crippen LogP contribution < -0.4 is 5.32 Å².